The maximum atomic E-state index is 10.7. The van der Waals surface area contributed by atoms with E-state index in [4.69, 9.17) is 9.66 Å². The summed E-state index contributed by atoms with van der Waals surface area (Å²) in [5.41, 5.74) is 0. The predicted octanol–water partition coefficient (Wildman–Crippen LogP) is -2.24. The summed E-state index contributed by atoms with van der Waals surface area (Å²) < 4.78 is 34.8. The third-order valence-electron chi connectivity index (χ3n) is 1.44. The SMILES string of the molecule is COc1c(O)cccc1S(=O)(=O)O.[H-].[K+]. The van der Waals surface area contributed by atoms with E-state index >= 15 is 0 Å². The van der Waals surface area contributed by atoms with Crippen molar-refractivity contribution in [1.82, 2.24) is 0 Å². The number of ether oxygens (including phenoxy) is 1. The quantitative estimate of drug-likeness (QED) is 0.454. The van der Waals surface area contributed by atoms with Crippen LogP contribution in [0.25, 0.3) is 0 Å². The average molecular weight is 244 g/mol. The molecule has 1 aromatic rings. The second kappa shape index (κ2) is 5.45. The summed E-state index contributed by atoms with van der Waals surface area (Å²) in [4.78, 5) is -0.449. The van der Waals surface area contributed by atoms with Gasteiger partial charge < -0.3 is 11.3 Å². The van der Waals surface area contributed by atoms with Gasteiger partial charge in [0.25, 0.3) is 10.1 Å². The van der Waals surface area contributed by atoms with Gasteiger partial charge in [-0.2, -0.15) is 8.42 Å². The number of methoxy groups -OCH3 is 1. The van der Waals surface area contributed by atoms with Crippen LogP contribution >= 0.6 is 0 Å². The van der Waals surface area contributed by atoms with E-state index in [1.807, 2.05) is 0 Å². The Bertz CT molecular complexity index is 419. The Balaban J connectivity index is 0. The van der Waals surface area contributed by atoms with Gasteiger partial charge in [0.2, 0.25) is 0 Å². The number of rotatable bonds is 2. The molecule has 0 saturated carbocycles. The van der Waals surface area contributed by atoms with Crippen LogP contribution in [0, 0.1) is 0 Å². The first-order valence-electron chi connectivity index (χ1n) is 3.30. The van der Waals surface area contributed by atoms with Crippen molar-refractivity contribution in [2.75, 3.05) is 7.11 Å². The van der Waals surface area contributed by atoms with E-state index in [-0.39, 0.29) is 64.3 Å². The molecule has 0 radical (unpaired) electrons. The topological polar surface area (TPSA) is 83.8 Å². The van der Waals surface area contributed by atoms with Gasteiger partial charge in [-0.25, -0.2) is 0 Å². The average Bonchev–Trinajstić information content (AvgIpc) is 2.02. The Morgan fingerprint density at radius 2 is 2.00 bits per heavy atom. The monoisotopic (exact) mass is 244 g/mol. The van der Waals surface area contributed by atoms with Crippen molar-refractivity contribution < 1.29 is 75.6 Å². The van der Waals surface area contributed by atoms with Crippen molar-refractivity contribution in [1.29, 1.82) is 0 Å². The van der Waals surface area contributed by atoms with Crippen LogP contribution in [0.5, 0.6) is 11.5 Å². The van der Waals surface area contributed by atoms with Crippen LogP contribution in [-0.4, -0.2) is 25.2 Å². The number of aromatic hydroxyl groups is 1. The molecule has 0 unspecified atom stereocenters. The molecule has 7 heteroatoms. The molecule has 14 heavy (non-hydrogen) atoms. The first-order valence-corrected chi connectivity index (χ1v) is 4.74. The molecule has 1 aromatic carbocycles. The maximum Gasteiger partial charge on any atom is 1.00 e. The minimum absolute atomic E-state index is 0. The summed E-state index contributed by atoms with van der Waals surface area (Å²) in [6.07, 6.45) is 0. The largest absolute Gasteiger partial charge is 1.00 e. The third kappa shape index (κ3) is 3.19. The Morgan fingerprint density at radius 1 is 1.43 bits per heavy atom. The van der Waals surface area contributed by atoms with Gasteiger partial charge in [0.15, 0.2) is 11.5 Å². The van der Waals surface area contributed by atoms with Crippen molar-refractivity contribution in [3.8, 4) is 11.5 Å². The van der Waals surface area contributed by atoms with Crippen LogP contribution in [0.1, 0.15) is 1.43 Å². The van der Waals surface area contributed by atoms with E-state index in [1.54, 1.807) is 0 Å². The number of hydrogen-bond acceptors (Lipinski definition) is 4. The molecule has 2 N–H and O–H groups in total. The smallest absolute Gasteiger partial charge is 1.00 e. The molecular weight excluding hydrogens is 235 g/mol. The summed E-state index contributed by atoms with van der Waals surface area (Å²) in [6.45, 7) is 0. The Labute approximate surface area is 126 Å². The molecule has 0 bridgehead atoms. The van der Waals surface area contributed by atoms with E-state index in [2.05, 4.69) is 4.74 Å². The van der Waals surface area contributed by atoms with Gasteiger partial charge in [-0.05, 0) is 12.1 Å². The molecule has 0 spiro atoms. The molecule has 0 amide bonds. The fourth-order valence-electron chi connectivity index (χ4n) is 0.913. The van der Waals surface area contributed by atoms with Gasteiger partial charge in [0.1, 0.15) is 4.90 Å². The van der Waals surface area contributed by atoms with E-state index < -0.39 is 15.0 Å². The molecule has 0 aromatic heterocycles. The summed E-state index contributed by atoms with van der Waals surface area (Å²) in [6, 6.07) is 3.68. The minimum Gasteiger partial charge on any atom is -1.00 e. The molecule has 0 aliphatic carbocycles. The van der Waals surface area contributed by atoms with E-state index in [0.29, 0.717) is 0 Å². The molecule has 0 atom stereocenters. The summed E-state index contributed by atoms with van der Waals surface area (Å²) in [5.74, 6) is -0.595. The molecule has 5 nitrogen and oxygen atoms in total. The van der Waals surface area contributed by atoms with Crippen molar-refractivity contribution in [2.45, 2.75) is 4.90 Å². The number of benzene rings is 1. The summed E-state index contributed by atoms with van der Waals surface area (Å²) >= 11 is 0. The van der Waals surface area contributed by atoms with E-state index in [1.165, 1.54) is 19.2 Å². The van der Waals surface area contributed by atoms with Gasteiger partial charge in [0.05, 0.1) is 7.11 Å². The number of hydrogen-bond donors (Lipinski definition) is 2. The van der Waals surface area contributed by atoms with Crippen LogP contribution in [-0.2, 0) is 10.1 Å². The minimum atomic E-state index is -4.35. The first kappa shape index (κ1) is 14.4. The van der Waals surface area contributed by atoms with Crippen molar-refractivity contribution in [3.05, 3.63) is 18.2 Å². The van der Waals surface area contributed by atoms with Gasteiger partial charge in [0, 0.05) is 0 Å². The normalized spacial score (nSPS) is 10.4. The van der Waals surface area contributed by atoms with Gasteiger partial charge in [-0.1, -0.05) is 6.07 Å². The van der Waals surface area contributed by atoms with E-state index in [9.17, 15) is 8.42 Å². The second-order valence-electron chi connectivity index (χ2n) is 2.28. The maximum absolute atomic E-state index is 10.7. The molecular formula is C7H9KO5S. The second-order valence-corrected chi connectivity index (χ2v) is 3.67. The zero-order valence-electron chi connectivity index (χ0n) is 8.76. The molecule has 1 rings (SSSR count). The van der Waals surface area contributed by atoms with Crippen molar-refractivity contribution in [3.63, 3.8) is 0 Å². The fourth-order valence-corrected chi connectivity index (χ4v) is 1.59. The molecule has 0 fully saturated rings. The van der Waals surface area contributed by atoms with Crippen molar-refractivity contribution in [2.24, 2.45) is 0 Å². The number of phenolic OH excluding ortho intramolecular Hbond substituents is 1. The van der Waals surface area contributed by atoms with Crippen LogP contribution in [0.15, 0.2) is 23.1 Å². The van der Waals surface area contributed by atoms with Crippen LogP contribution < -0.4 is 56.1 Å². The Morgan fingerprint density at radius 3 is 2.36 bits per heavy atom. The third-order valence-corrected chi connectivity index (χ3v) is 2.32. The number of para-hydroxylation sites is 1. The molecule has 0 heterocycles. The molecule has 0 aliphatic rings. The molecule has 0 aliphatic heterocycles. The Kier molecular flexibility index (Phi) is 5.59. The van der Waals surface area contributed by atoms with Crippen molar-refractivity contribution >= 4 is 10.1 Å². The van der Waals surface area contributed by atoms with Gasteiger partial charge in [-0.15, -0.1) is 0 Å². The molecule has 74 valence electrons. The summed E-state index contributed by atoms with van der Waals surface area (Å²) in [5, 5.41) is 9.15. The Hall–Kier alpha value is 0.366. The first-order chi connectivity index (χ1) is 5.96. The van der Waals surface area contributed by atoms with Gasteiger partial charge in [-0.3, -0.25) is 4.55 Å². The van der Waals surface area contributed by atoms with Crippen LogP contribution in [0.4, 0.5) is 0 Å². The van der Waals surface area contributed by atoms with Crippen LogP contribution in [0.2, 0.25) is 0 Å². The predicted molar refractivity (Wildman–Crippen MR) is 45.6 cm³/mol. The standard InChI is InChI=1S/C7H8O5S.K.H/c1-12-7-5(8)3-2-4-6(7)13(9,10)11;;/h2-4,8H,1H3,(H,9,10,11);;/q;+1;-1. The summed E-state index contributed by atoms with van der Waals surface area (Å²) in [7, 11) is -3.15. The van der Waals surface area contributed by atoms with Gasteiger partial charge >= 0.3 is 51.4 Å². The fraction of sp³-hybridized carbons (Fsp3) is 0.143. The van der Waals surface area contributed by atoms with E-state index in [0.717, 1.165) is 6.07 Å². The number of phenols is 1. The zero-order valence-corrected chi connectivity index (χ0v) is 11.7. The molecule has 0 saturated heterocycles. The zero-order chi connectivity index (χ0) is 10.1. The van der Waals surface area contributed by atoms with Crippen LogP contribution in [0.3, 0.4) is 0 Å².